The van der Waals surface area contributed by atoms with E-state index in [4.69, 9.17) is 9.47 Å². The summed E-state index contributed by atoms with van der Waals surface area (Å²) < 4.78 is 34.8. The second kappa shape index (κ2) is 7.85. The van der Waals surface area contributed by atoms with Crippen molar-refractivity contribution >= 4 is 23.3 Å². The van der Waals surface area contributed by atoms with Crippen molar-refractivity contribution in [2.24, 2.45) is 11.0 Å². The number of hydrazone groups is 1. The monoisotopic (exact) mass is 340 g/mol. The number of carbonyl (C=O) groups excluding carboxylic acids is 2. The summed E-state index contributed by atoms with van der Waals surface area (Å²) in [5.74, 6) is -2.13. The Morgan fingerprint density at radius 2 is 2.12 bits per heavy atom. The van der Waals surface area contributed by atoms with E-state index in [1.165, 1.54) is 12.1 Å². The van der Waals surface area contributed by atoms with Crippen LogP contribution in [0.4, 0.5) is 14.5 Å². The van der Waals surface area contributed by atoms with Crippen LogP contribution in [0.15, 0.2) is 29.4 Å². The molecule has 0 aromatic heterocycles. The molecular formula is C16H18F2N2O4. The van der Waals surface area contributed by atoms with Gasteiger partial charge in [0.05, 0.1) is 6.61 Å². The number of para-hydroxylation sites is 2. The van der Waals surface area contributed by atoms with E-state index >= 15 is 0 Å². The van der Waals surface area contributed by atoms with E-state index in [0.717, 1.165) is 5.01 Å². The maximum absolute atomic E-state index is 12.6. The number of esters is 1. The van der Waals surface area contributed by atoms with Gasteiger partial charge in [-0.25, -0.2) is 8.78 Å². The molecule has 0 radical (unpaired) electrons. The van der Waals surface area contributed by atoms with Gasteiger partial charge in [0.1, 0.15) is 24.0 Å². The Bertz CT molecular complexity index is 649. The van der Waals surface area contributed by atoms with E-state index in [9.17, 15) is 18.4 Å². The van der Waals surface area contributed by atoms with E-state index in [-0.39, 0.29) is 24.5 Å². The zero-order valence-electron chi connectivity index (χ0n) is 13.4. The minimum atomic E-state index is -2.65. The summed E-state index contributed by atoms with van der Waals surface area (Å²) in [4.78, 5) is 24.6. The molecule has 1 heterocycles. The first-order chi connectivity index (χ1) is 11.4. The average molecular weight is 340 g/mol. The van der Waals surface area contributed by atoms with Gasteiger partial charge >= 0.3 is 5.97 Å². The molecule has 0 spiro atoms. The lowest BCUT2D eigenvalue weighted by atomic mass is 9.99. The third-order valence-electron chi connectivity index (χ3n) is 3.31. The van der Waals surface area contributed by atoms with Crippen molar-refractivity contribution in [3.8, 4) is 5.75 Å². The van der Waals surface area contributed by atoms with E-state index in [2.05, 4.69) is 5.10 Å². The molecule has 1 aromatic rings. The summed E-state index contributed by atoms with van der Waals surface area (Å²) in [6, 6.07) is 6.20. The zero-order chi connectivity index (χ0) is 17.7. The Labute approximate surface area is 138 Å². The van der Waals surface area contributed by atoms with Crippen LogP contribution in [0, 0.1) is 5.92 Å². The number of nitrogens with zero attached hydrogens (tertiary/aromatic N) is 2. The molecule has 2 rings (SSSR count). The van der Waals surface area contributed by atoms with Crippen LogP contribution < -0.4 is 9.75 Å². The first-order valence-electron chi connectivity index (χ1n) is 7.48. The quantitative estimate of drug-likeness (QED) is 0.590. The normalized spacial score (nSPS) is 17.7. The van der Waals surface area contributed by atoms with Gasteiger partial charge < -0.3 is 9.47 Å². The fraction of sp³-hybridized carbons (Fsp3) is 0.438. The number of rotatable bonds is 6. The molecule has 1 amide bonds. The lowest BCUT2D eigenvalue weighted by molar-refractivity contribution is -0.151. The van der Waals surface area contributed by atoms with Crippen LogP contribution in [0.2, 0.25) is 0 Å². The third-order valence-corrected chi connectivity index (χ3v) is 3.31. The van der Waals surface area contributed by atoms with Gasteiger partial charge in [-0.2, -0.15) is 10.1 Å². The highest BCUT2D eigenvalue weighted by atomic mass is 19.3. The summed E-state index contributed by atoms with van der Waals surface area (Å²) in [6.45, 7) is 2.68. The molecule has 0 fully saturated rings. The number of amides is 1. The number of ether oxygens (including phenoxy) is 2. The van der Waals surface area contributed by atoms with Crippen LogP contribution in [0.1, 0.15) is 20.3 Å². The molecule has 1 atom stereocenters. The van der Waals surface area contributed by atoms with Gasteiger partial charge in [-0.1, -0.05) is 12.1 Å². The fourth-order valence-corrected chi connectivity index (χ4v) is 2.30. The Hall–Kier alpha value is -2.51. The Balaban J connectivity index is 2.32. The molecule has 130 valence electrons. The van der Waals surface area contributed by atoms with Crippen molar-refractivity contribution < 1.29 is 27.8 Å². The lowest BCUT2D eigenvalue weighted by Gasteiger charge is -2.28. The first kappa shape index (κ1) is 17.8. The number of alkyl halides is 2. The maximum Gasteiger partial charge on any atom is 0.318 e. The van der Waals surface area contributed by atoms with Gasteiger partial charge in [0.2, 0.25) is 0 Å². The van der Waals surface area contributed by atoms with Crippen LogP contribution in [0.5, 0.6) is 5.75 Å². The fourth-order valence-electron chi connectivity index (χ4n) is 2.30. The molecule has 0 N–H and O–H groups in total. The zero-order valence-corrected chi connectivity index (χ0v) is 13.4. The molecule has 1 aliphatic rings. The van der Waals surface area contributed by atoms with Crippen molar-refractivity contribution in [2.45, 2.75) is 26.7 Å². The van der Waals surface area contributed by atoms with Crippen LogP contribution in [0.3, 0.4) is 0 Å². The topological polar surface area (TPSA) is 68.2 Å². The highest BCUT2D eigenvalue weighted by Crippen LogP contribution is 2.32. The molecule has 8 heteroatoms. The molecule has 0 bridgehead atoms. The second-order valence-electron chi connectivity index (χ2n) is 5.16. The predicted octanol–water partition coefficient (Wildman–Crippen LogP) is 2.62. The van der Waals surface area contributed by atoms with Crippen molar-refractivity contribution in [3.05, 3.63) is 24.3 Å². The standard InChI is InChI=1S/C16H18F2N2O4/c1-3-23-16(22)11-8-10(2)19-20(15(11)21)12-6-4-5-7-13(12)24-9-14(17)18/h4-7,11,14H,3,8-9H2,1-2H3. The summed E-state index contributed by atoms with van der Waals surface area (Å²) in [7, 11) is 0. The summed E-state index contributed by atoms with van der Waals surface area (Å²) in [6.07, 6.45) is -2.48. The van der Waals surface area contributed by atoms with Crippen molar-refractivity contribution in [1.29, 1.82) is 0 Å². The molecule has 1 aromatic carbocycles. The number of halogens is 2. The van der Waals surface area contributed by atoms with Gasteiger partial charge in [0, 0.05) is 12.1 Å². The second-order valence-corrected chi connectivity index (χ2v) is 5.16. The number of carbonyl (C=O) groups is 2. The largest absolute Gasteiger partial charge is 0.485 e. The van der Waals surface area contributed by atoms with Gasteiger partial charge in [-0.15, -0.1) is 0 Å². The molecule has 0 saturated heterocycles. The predicted molar refractivity (Wildman–Crippen MR) is 83.3 cm³/mol. The number of hydrogen-bond donors (Lipinski definition) is 0. The Kier molecular flexibility index (Phi) is 5.83. The molecular weight excluding hydrogens is 322 g/mol. The third kappa shape index (κ3) is 4.06. The number of hydrogen-bond acceptors (Lipinski definition) is 5. The van der Waals surface area contributed by atoms with Gasteiger partial charge in [-0.05, 0) is 26.0 Å². The number of anilines is 1. The summed E-state index contributed by atoms with van der Waals surface area (Å²) in [5.41, 5.74) is 0.757. The summed E-state index contributed by atoms with van der Waals surface area (Å²) >= 11 is 0. The molecule has 1 unspecified atom stereocenters. The minimum absolute atomic E-state index is 0.0900. The first-order valence-corrected chi connectivity index (χ1v) is 7.48. The van der Waals surface area contributed by atoms with Crippen LogP contribution in [-0.4, -0.2) is 37.2 Å². The van der Waals surface area contributed by atoms with E-state index in [1.54, 1.807) is 26.0 Å². The molecule has 24 heavy (non-hydrogen) atoms. The van der Waals surface area contributed by atoms with E-state index in [1.807, 2.05) is 0 Å². The average Bonchev–Trinajstić information content (AvgIpc) is 2.55. The summed E-state index contributed by atoms with van der Waals surface area (Å²) in [5, 5.41) is 5.15. The lowest BCUT2D eigenvalue weighted by Crippen LogP contribution is -2.42. The maximum atomic E-state index is 12.6. The molecule has 6 nitrogen and oxygen atoms in total. The number of benzene rings is 1. The highest BCUT2D eigenvalue weighted by molar-refractivity contribution is 6.12. The van der Waals surface area contributed by atoms with Crippen molar-refractivity contribution in [2.75, 3.05) is 18.2 Å². The van der Waals surface area contributed by atoms with Gasteiger partial charge in [0.15, 0.2) is 0 Å². The van der Waals surface area contributed by atoms with Gasteiger partial charge in [0.25, 0.3) is 12.3 Å². The Morgan fingerprint density at radius 1 is 1.42 bits per heavy atom. The van der Waals surface area contributed by atoms with Gasteiger partial charge in [-0.3, -0.25) is 9.59 Å². The smallest absolute Gasteiger partial charge is 0.318 e. The van der Waals surface area contributed by atoms with Crippen LogP contribution >= 0.6 is 0 Å². The molecule has 0 saturated carbocycles. The SMILES string of the molecule is CCOC(=O)C1CC(C)=NN(c2ccccc2OCC(F)F)C1=O. The van der Waals surface area contributed by atoms with Crippen molar-refractivity contribution in [3.63, 3.8) is 0 Å². The van der Waals surface area contributed by atoms with E-state index in [0.29, 0.717) is 5.71 Å². The highest BCUT2D eigenvalue weighted by Gasteiger charge is 2.37. The van der Waals surface area contributed by atoms with Crippen LogP contribution in [0.25, 0.3) is 0 Å². The Morgan fingerprint density at radius 3 is 2.79 bits per heavy atom. The van der Waals surface area contributed by atoms with Crippen molar-refractivity contribution in [1.82, 2.24) is 0 Å². The molecule has 0 aliphatic carbocycles. The molecule has 1 aliphatic heterocycles. The van der Waals surface area contributed by atoms with E-state index < -0.39 is 30.8 Å². The van der Waals surface area contributed by atoms with Crippen LogP contribution in [-0.2, 0) is 14.3 Å². The minimum Gasteiger partial charge on any atom is -0.485 e.